The first-order valence-corrected chi connectivity index (χ1v) is 9.99. The molecule has 1 atom stereocenters. The van der Waals surface area contributed by atoms with Crippen LogP contribution in [0.15, 0.2) is 30.9 Å². The van der Waals surface area contributed by atoms with Crippen molar-refractivity contribution >= 4 is 17.2 Å². The number of nitrogens with zero attached hydrogens (tertiary/aromatic N) is 5. The van der Waals surface area contributed by atoms with Crippen LogP contribution in [0.1, 0.15) is 29.8 Å². The van der Waals surface area contributed by atoms with Gasteiger partial charge in [-0.05, 0) is 19.9 Å². The third-order valence-electron chi connectivity index (χ3n) is 5.12. The largest absolute Gasteiger partial charge is 0.387 e. The van der Waals surface area contributed by atoms with Crippen molar-refractivity contribution in [2.24, 2.45) is 0 Å². The molecule has 1 fully saturated rings. The zero-order valence-electron chi connectivity index (χ0n) is 17.5. The van der Waals surface area contributed by atoms with Crippen molar-refractivity contribution in [3.63, 3.8) is 0 Å². The molecule has 0 unspecified atom stereocenters. The molecule has 1 aliphatic heterocycles. The number of anilines is 1. The van der Waals surface area contributed by atoms with Gasteiger partial charge in [0.05, 0.1) is 71.9 Å². The SMILES string of the molecule is CC(C)(O)[C@H](F)CNC(=O)c1cnc(-c2cnn3cc(C#N)cnc23)cc1NC1COC1. The molecule has 0 spiro atoms. The molecule has 10 nitrogen and oxygen atoms in total. The summed E-state index contributed by atoms with van der Waals surface area (Å²) >= 11 is 0. The summed E-state index contributed by atoms with van der Waals surface area (Å²) in [5.74, 6) is -0.518. The van der Waals surface area contributed by atoms with Crippen LogP contribution < -0.4 is 10.6 Å². The van der Waals surface area contributed by atoms with E-state index in [1.54, 1.807) is 18.5 Å². The minimum Gasteiger partial charge on any atom is -0.387 e. The topological polar surface area (TPSA) is 137 Å². The summed E-state index contributed by atoms with van der Waals surface area (Å²) in [5.41, 5.74) is 1.21. The monoisotopic (exact) mass is 439 g/mol. The van der Waals surface area contributed by atoms with E-state index in [1.807, 2.05) is 6.07 Å². The predicted octanol–water partition coefficient (Wildman–Crippen LogP) is 1.31. The van der Waals surface area contributed by atoms with E-state index in [0.29, 0.717) is 41.4 Å². The first kappa shape index (κ1) is 21.6. The van der Waals surface area contributed by atoms with E-state index >= 15 is 0 Å². The Kier molecular flexibility index (Phi) is 5.73. The molecule has 1 saturated heterocycles. The molecule has 0 saturated carbocycles. The van der Waals surface area contributed by atoms with Gasteiger partial charge in [-0.25, -0.2) is 13.9 Å². The molecule has 1 aliphatic rings. The third-order valence-corrected chi connectivity index (χ3v) is 5.12. The normalized spacial score (nSPS) is 15.1. The number of aliphatic hydroxyl groups is 1. The Morgan fingerprint density at radius 1 is 1.41 bits per heavy atom. The molecule has 0 aliphatic carbocycles. The van der Waals surface area contributed by atoms with Gasteiger partial charge in [0, 0.05) is 12.4 Å². The molecule has 0 bridgehead atoms. The van der Waals surface area contributed by atoms with Crippen LogP contribution in [0.5, 0.6) is 0 Å². The molecule has 3 aromatic rings. The highest BCUT2D eigenvalue weighted by molar-refractivity contribution is 6.00. The molecule has 3 N–H and O–H groups in total. The molecular formula is C21H22FN7O3. The van der Waals surface area contributed by atoms with E-state index in [4.69, 9.17) is 10.00 Å². The van der Waals surface area contributed by atoms with E-state index in [-0.39, 0.29) is 18.2 Å². The smallest absolute Gasteiger partial charge is 0.255 e. The maximum atomic E-state index is 14.1. The summed E-state index contributed by atoms with van der Waals surface area (Å²) < 4.78 is 20.8. The number of aromatic nitrogens is 4. The van der Waals surface area contributed by atoms with Crippen LogP contribution in [0, 0.1) is 11.3 Å². The van der Waals surface area contributed by atoms with E-state index in [1.165, 1.54) is 30.8 Å². The zero-order valence-corrected chi connectivity index (χ0v) is 17.5. The molecule has 4 heterocycles. The number of ether oxygens (including phenoxy) is 1. The van der Waals surface area contributed by atoms with Gasteiger partial charge >= 0.3 is 0 Å². The van der Waals surface area contributed by atoms with Crippen LogP contribution in [0.25, 0.3) is 16.9 Å². The second kappa shape index (κ2) is 8.49. The van der Waals surface area contributed by atoms with Gasteiger partial charge < -0.3 is 20.5 Å². The highest BCUT2D eigenvalue weighted by atomic mass is 19.1. The summed E-state index contributed by atoms with van der Waals surface area (Å²) in [6, 6.07) is 3.74. The van der Waals surface area contributed by atoms with E-state index in [2.05, 4.69) is 25.7 Å². The van der Waals surface area contributed by atoms with Gasteiger partial charge in [-0.3, -0.25) is 9.78 Å². The molecule has 3 aromatic heterocycles. The molecule has 4 rings (SSSR count). The molecule has 32 heavy (non-hydrogen) atoms. The number of carbonyl (C=O) groups is 1. The molecule has 0 radical (unpaired) electrons. The molecular weight excluding hydrogens is 417 g/mol. The Labute approximate surface area is 183 Å². The summed E-state index contributed by atoms with van der Waals surface area (Å²) in [7, 11) is 0. The number of carbonyl (C=O) groups excluding carboxylic acids is 1. The lowest BCUT2D eigenvalue weighted by molar-refractivity contribution is -0.00178. The van der Waals surface area contributed by atoms with Gasteiger partial charge in [0.2, 0.25) is 0 Å². The predicted molar refractivity (Wildman–Crippen MR) is 113 cm³/mol. The van der Waals surface area contributed by atoms with Crippen LogP contribution in [0.4, 0.5) is 10.1 Å². The van der Waals surface area contributed by atoms with Crippen molar-refractivity contribution in [3.8, 4) is 17.3 Å². The fraction of sp³-hybridized carbons (Fsp3) is 0.381. The number of alkyl halides is 1. The van der Waals surface area contributed by atoms with Gasteiger partial charge in [-0.2, -0.15) is 10.4 Å². The van der Waals surface area contributed by atoms with E-state index in [0.717, 1.165) is 0 Å². The van der Waals surface area contributed by atoms with Gasteiger partial charge in [-0.1, -0.05) is 0 Å². The standard InChI is InChI=1S/C21H22FN7O3/c1-21(2,31)18(22)8-26-20(30)15-6-24-16(3-17(15)28-13-10-32-11-13)14-7-27-29-9-12(4-23)5-25-19(14)29/h3,5-7,9,13,18,31H,8,10-11H2,1-2H3,(H,24,28)(H,26,30)/t18-/m1/s1. The Bertz CT molecular complexity index is 1190. The number of hydrogen-bond donors (Lipinski definition) is 3. The van der Waals surface area contributed by atoms with Crippen LogP contribution in [0.2, 0.25) is 0 Å². The van der Waals surface area contributed by atoms with Crippen molar-refractivity contribution in [1.29, 1.82) is 5.26 Å². The quantitative estimate of drug-likeness (QED) is 0.501. The summed E-state index contributed by atoms with van der Waals surface area (Å²) in [5, 5.41) is 28.8. The first-order valence-electron chi connectivity index (χ1n) is 9.99. The fourth-order valence-electron chi connectivity index (χ4n) is 3.08. The number of amides is 1. The molecule has 11 heteroatoms. The van der Waals surface area contributed by atoms with E-state index < -0.39 is 17.7 Å². The first-order chi connectivity index (χ1) is 15.3. The number of nitrogens with one attached hydrogen (secondary N) is 2. The van der Waals surface area contributed by atoms with Gasteiger partial charge in [-0.15, -0.1) is 0 Å². The summed E-state index contributed by atoms with van der Waals surface area (Å²) in [6.45, 7) is 3.34. The molecule has 166 valence electrons. The van der Waals surface area contributed by atoms with Crippen molar-refractivity contribution in [3.05, 3.63) is 42.0 Å². The summed E-state index contributed by atoms with van der Waals surface area (Å²) in [4.78, 5) is 21.4. The Morgan fingerprint density at radius 2 is 2.19 bits per heavy atom. The lowest BCUT2D eigenvalue weighted by atomic mass is 10.0. The second-order valence-corrected chi connectivity index (χ2v) is 8.11. The minimum atomic E-state index is -1.63. The highest BCUT2D eigenvalue weighted by Gasteiger charge is 2.28. The minimum absolute atomic E-state index is 0.0299. The lowest BCUT2D eigenvalue weighted by Gasteiger charge is -2.29. The van der Waals surface area contributed by atoms with Crippen molar-refractivity contribution in [2.75, 3.05) is 25.1 Å². The van der Waals surface area contributed by atoms with Crippen molar-refractivity contribution in [1.82, 2.24) is 24.9 Å². The molecule has 1 amide bonds. The lowest BCUT2D eigenvalue weighted by Crippen LogP contribution is -2.43. The highest BCUT2D eigenvalue weighted by Crippen LogP contribution is 2.27. The maximum absolute atomic E-state index is 14.1. The van der Waals surface area contributed by atoms with Crippen LogP contribution in [0.3, 0.4) is 0 Å². The van der Waals surface area contributed by atoms with Gasteiger partial charge in [0.15, 0.2) is 5.65 Å². The summed E-state index contributed by atoms with van der Waals surface area (Å²) in [6.07, 6.45) is 4.37. The maximum Gasteiger partial charge on any atom is 0.255 e. The third kappa shape index (κ3) is 4.37. The van der Waals surface area contributed by atoms with Crippen molar-refractivity contribution < 1.29 is 19.0 Å². The average Bonchev–Trinajstić information content (AvgIpc) is 3.16. The number of halogens is 1. The average molecular weight is 439 g/mol. The number of rotatable bonds is 7. The number of fused-ring (bicyclic) bond motifs is 1. The van der Waals surface area contributed by atoms with Crippen molar-refractivity contribution in [2.45, 2.75) is 31.7 Å². The Balaban J connectivity index is 1.64. The molecule has 0 aromatic carbocycles. The van der Waals surface area contributed by atoms with Crippen LogP contribution in [-0.4, -0.2) is 68.2 Å². The second-order valence-electron chi connectivity index (χ2n) is 8.11. The zero-order chi connectivity index (χ0) is 22.9. The number of nitriles is 1. The fourth-order valence-corrected chi connectivity index (χ4v) is 3.08. The van der Waals surface area contributed by atoms with Crippen LogP contribution >= 0.6 is 0 Å². The Morgan fingerprint density at radius 3 is 2.84 bits per heavy atom. The number of hydrogen-bond acceptors (Lipinski definition) is 8. The number of pyridine rings is 1. The van der Waals surface area contributed by atoms with Gasteiger partial charge in [0.25, 0.3) is 5.91 Å². The van der Waals surface area contributed by atoms with E-state index in [9.17, 15) is 14.3 Å². The van der Waals surface area contributed by atoms with Gasteiger partial charge in [0.1, 0.15) is 12.2 Å². The van der Waals surface area contributed by atoms with Crippen LogP contribution in [-0.2, 0) is 4.74 Å². The Hall–Kier alpha value is -3.62.